The highest BCUT2D eigenvalue weighted by molar-refractivity contribution is 5.78. The molecule has 0 aliphatic rings. The number of carbonyl (C=O) groups excluding carboxylic acids is 1. The molecule has 1 unspecified atom stereocenters. The molecule has 0 saturated carbocycles. The Balaban J connectivity index is 2.89. The van der Waals surface area contributed by atoms with Crippen molar-refractivity contribution in [1.29, 1.82) is 0 Å². The Morgan fingerprint density at radius 3 is 2.37 bits per heavy atom. The van der Waals surface area contributed by atoms with Gasteiger partial charge < -0.3 is 20.1 Å². The van der Waals surface area contributed by atoms with Crippen molar-refractivity contribution in [2.24, 2.45) is 11.7 Å². The number of amides is 1. The van der Waals surface area contributed by atoms with E-state index in [1.165, 1.54) is 0 Å². The minimum absolute atomic E-state index is 0.0392. The maximum absolute atomic E-state index is 11.9. The number of nitrogens with zero attached hydrogens (tertiary/aromatic N) is 1. The van der Waals surface area contributed by atoms with Gasteiger partial charge in [0.05, 0.1) is 20.1 Å². The minimum Gasteiger partial charge on any atom is -0.493 e. The van der Waals surface area contributed by atoms with Crippen molar-refractivity contribution >= 4 is 5.91 Å². The van der Waals surface area contributed by atoms with Crippen molar-refractivity contribution in [2.45, 2.75) is 6.42 Å². The van der Waals surface area contributed by atoms with Crippen LogP contribution in [0.2, 0.25) is 0 Å². The van der Waals surface area contributed by atoms with E-state index in [-0.39, 0.29) is 11.8 Å². The number of nitrogens with two attached hydrogens (primary N) is 1. The van der Waals surface area contributed by atoms with E-state index in [9.17, 15) is 4.79 Å². The Bertz CT molecular complexity index is 433. The van der Waals surface area contributed by atoms with Gasteiger partial charge in [0.1, 0.15) is 0 Å². The molecule has 0 aliphatic carbocycles. The van der Waals surface area contributed by atoms with Gasteiger partial charge in [-0.3, -0.25) is 4.79 Å². The second-order valence-electron chi connectivity index (χ2n) is 4.56. The molecule has 1 aromatic rings. The highest BCUT2D eigenvalue weighted by atomic mass is 16.5. The predicted molar refractivity (Wildman–Crippen MR) is 74.5 cm³/mol. The van der Waals surface area contributed by atoms with Crippen LogP contribution in [0.4, 0.5) is 0 Å². The van der Waals surface area contributed by atoms with Crippen molar-refractivity contribution in [2.75, 3.05) is 34.9 Å². The van der Waals surface area contributed by atoms with Crippen molar-refractivity contribution in [3.63, 3.8) is 0 Å². The highest BCUT2D eigenvalue weighted by Gasteiger charge is 2.19. The zero-order valence-corrected chi connectivity index (χ0v) is 12.0. The van der Waals surface area contributed by atoms with Crippen LogP contribution in [0.5, 0.6) is 11.5 Å². The maximum atomic E-state index is 11.9. The summed E-state index contributed by atoms with van der Waals surface area (Å²) in [5.74, 6) is 1.16. The molecule has 19 heavy (non-hydrogen) atoms. The van der Waals surface area contributed by atoms with Crippen molar-refractivity contribution in [3.05, 3.63) is 23.8 Å². The summed E-state index contributed by atoms with van der Waals surface area (Å²) >= 11 is 0. The average Bonchev–Trinajstić information content (AvgIpc) is 2.43. The van der Waals surface area contributed by atoms with Gasteiger partial charge in [-0.25, -0.2) is 0 Å². The maximum Gasteiger partial charge on any atom is 0.226 e. The molecule has 1 rings (SSSR count). The van der Waals surface area contributed by atoms with Gasteiger partial charge in [0.25, 0.3) is 0 Å². The number of hydrogen-bond donors (Lipinski definition) is 1. The fraction of sp³-hybridized carbons (Fsp3) is 0.500. The van der Waals surface area contributed by atoms with E-state index in [0.29, 0.717) is 24.5 Å². The fourth-order valence-corrected chi connectivity index (χ4v) is 1.93. The zero-order valence-electron chi connectivity index (χ0n) is 12.0. The first-order chi connectivity index (χ1) is 9.03. The molecule has 0 aromatic heterocycles. The van der Waals surface area contributed by atoms with Gasteiger partial charge in [0, 0.05) is 20.6 Å². The summed E-state index contributed by atoms with van der Waals surface area (Å²) in [5.41, 5.74) is 6.69. The van der Waals surface area contributed by atoms with Crippen molar-refractivity contribution < 1.29 is 14.3 Å². The van der Waals surface area contributed by atoms with E-state index >= 15 is 0 Å². The Morgan fingerprint density at radius 1 is 1.26 bits per heavy atom. The molecule has 1 atom stereocenters. The Morgan fingerprint density at radius 2 is 1.89 bits per heavy atom. The third kappa shape index (κ3) is 3.86. The summed E-state index contributed by atoms with van der Waals surface area (Å²) in [7, 11) is 6.65. The Hall–Kier alpha value is -1.75. The van der Waals surface area contributed by atoms with Gasteiger partial charge in [0.2, 0.25) is 5.91 Å². The van der Waals surface area contributed by atoms with Crippen molar-refractivity contribution in [1.82, 2.24) is 4.90 Å². The molecule has 0 aliphatic heterocycles. The van der Waals surface area contributed by atoms with E-state index in [1.54, 1.807) is 33.2 Å². The quantitative estimate of drug-likeness (QED) is 0.831. The molecule has 1 aromatic carbocycles. The number of benzene rings is 1. The molecular weight excluding hydrogens is 244 g/mol. The van der Waals surface area contributed by atoms with E-state index < -0.39 is 0 Å². The molecule has 0 bridgehead atoms. The SMILES string of the molecule is COc1ccc(CC(CN)C(=O)N(C)C)cc1OC. The van der Waals surface area contributed by atoms with Gasteiger partial charge in [-0.2, -0.15) is 0 Å². The normalized spacial score (nSPS) is 11.8. The average molecular weight is 266 g/mol. The van der Waals surface area contributed by atoms with Crippen LogP contribution >= 0.6 is 0 Å². The summed E-state index contributed by atoms with van der Waals surface area (Å²) in [6, 6.07) is 5.64. The van der Waals surface area contributed by atoms with Crippen LogP contribution in [0, 0.1) is 5.92 Å². The zero-order chi connectivity index (χ0) is 14.4. The predicted octanol–water partition coefficient (Wildman–Crippen LogP) is 0.909. The van der Waals surface area contributed by atoms with Gasteiger partial charge >= 0.3 is 0 Å². The molecule has 2 N–H and O–H groups in total. The number of rotatable bonds is 6. The summed E-state index contributed by atoms with van der Waals surface area (Å²) in [6.45, 7) is 0.325. The number of carbonyl (C=O) groups is 1. The minimum atomic E-state index is -0.215. The number of hydrogen-bond acceptors (Lipinski definition) is 4. The lowest BCUT2D eigenvalue weighted by Gasteiger charge is -2.19. The first kappa shape index (κ1) is 15.3. The molecule has 0 heterocycles. The fourth-order valence-electron chi connectivity index (χ4n) is 1.93. The van der Waals surface area contributed by atoms with Crippen LogP contribution < -0.4 is 15.2 Å². The van der Waals surface area contributed by atoms with E-state index in [0.717, 1.165) is 5.56 Å². The summed E-state index contributed by atoms with van der Waals surface area (Å²) < 4.78 is 10.4. The molecule has 0 fully saturated rings. The Kier molecular flexibility index (Phi) is 5.63. The molecule has 5 heteroatoms. The largest absolute Gasteiger partial charge is 0.493 e. The molecular formula is C14H22N2O3. The number of methoxy groups -OCH3 is 2. The van der Waals surface area contributed by atoms with Gasteiger partial charge in [-0.1, -0.05) is 6.07 Å². The standard InChI is InChI=1S/C14H22N2O3/c1-16(2)14(17)11(9-15)7-10-5-6-12(18-3)13(8-10)19-4/h5-6,8,11H,7,9,15H2,1-4H3. The lowest BCUT2D eigenvalue weighted by Crippen LogP contribution is -2.35. The molecule has 0 radical (unpaired) electrons. The first-order valence-corrected chi connectivity index (χ1v) is 6.15. The molecule has 0 spiro atoms. The van der Waals surface area contributed by atoms with Gasteiger partial charge in [0.15, 0.2) is 11.5 Å². The van der Waals surface area contributed by atoms with E-state index in [2.05, 4.69) is 0 Å². The Labute approximate surface area is 114 Å². The third-order valence-corrected chi connectivity index (χ3v) is 3.00. The lowest BCUT2D eigenvalue weighted by atomic mass is 9.98. The van der Waals surface area contributed by atoms with Crippen LogP contribution in [0.3, 0.4) is 0 Å². The van der Waals surface area contributed by atoms with Crippen LogP contribution in [0.25, 0.3) is 0 Å². The van der Waals surface area contributed by atoms with Crippen LogP contribution in [0.1, 0.15) is 5.56 Å². The smallest absolute Gasteiger partial charge is 0.226 e. The second kappa shape index (κ2) is 6.99. The van der Waals surface area contributed by atoms with E-state index in [4.69, 9.17) is 15.2 Å². The molecule has 0 saturated heterocycles. The lowest BCUT2D eigenvalue weighted by molar-refractivity contribution is -0.132. The molecule has 1 amide bonds. The second-order valence-corrected chi connectivity index (χ2v) is 4.56. The number of ether oxygens (including phenoxy) is 2. The summed E-state index contributed by atoms with van der Waals surface area (Å²) in [6.07, 6.45) is 0.591. The van der Waals surface area contributed by atoms with Gasteiger partial charge in [-0.15, -0.1) is 0 Å². The first-order valence-electron chi connectivity index (χ1n) is 6.15. The summed E-state index contributed by atoms with van der Waals surface area (Å²) in [4.78, 5) is 13.5. The van der Waals surface area contributed by atoms with Crippen LogP contribution in [-0.4, -0.2) is 45.7 Å². The van der Waals surface area contributed by atoms with Crippen LogP contribution in [-0.2, 0) is 11.2 Å². The summed E-state index contributed by atoms with van der Waals surface area (Å²) in [5, 5.41) is 0. The third-order valence-electron chi connectivity index (χ3n) is 3.00. The topological polar surface area (TPSA) is 64.8 Å². The highest BCUT2D eigenvalue weighted by Crippen LogP contribution is 2.28. The monoisotopic (exact) mass is 266 g/mol. The van der Waals surface area contributed by atoms with Crippen molar-refractivity contribution in [3.8, 4) is 11.5 Å². The van der Waals surface area contributed by atoms with E-state index in [1.807, 2.05) is 18.2 Å². The molecule has 5 nitrogen and oxygen atoms in total. The van der Waals surface area contributed by atoms with Gasteiger partial charge in [-0.05, 0) is 24.1 Å². The van der Waals surface area contributed by atoms with Crippen LogP contribution in [0.15, 0.2) is 18.2 Å². The molecule has 106 valence electrons.